The standard InChI is InChI=1S/C21H19N3O2S/c1-15(12-22)14-27-19-10-6-5-9-18(19)24-20(25)11-17-13-26-21(23-17)16-7-3-2-4-8-16/h2-10,13,15H,11,14H2,1H3,(H,24,25)/t15-/m0/s1. The van der Waals surface area contributed by atoms with Gasteiger partial charge in [-0.25, -0.2) is 4.98 Å². The van der Waals surface area contributed by atoms with Crippen LogP contribution < -0.4 is 5.32 Å². The number of anilines is 1. The van der Waals surface area contributed by atoms with Crippen LogP contribution in [0.5, 0.6) is 0 Å². The summed E-state index contributed by atoms with van der Waals surface area (Å²) in [6, 6.07) is 19.4. The van der Waals surface area contributed by atoms with Crippen molar-refractivity contribution in [2.24, 2.45) is 5.92 Å². The fourth-order valence-corrected chi connectivity index (χ4v) is 3.36. The Morgan fingerprint density at radius 3 is 2.74 bits per heavy atom. The molecule has 136 valence electrons. The van der Waals surface area contributed by atoms with Crippen LogP contribution in [0.25, 0.3) is 11.5 Å². The molecule has 0 saturated heterocycles. The Hall–Kier alpha value is -3.04. The number of para-hydroxylation sites is 1. The molecule has 6 heteroatoms. The summed E-state index contributed by atoms with van der Waals surface area (Å²) in [5, 5.41) is 11.9. The van der Waals surface area contributed by atoms with E-state index in [0.29, 0.717) is 17.3 Å². The zero-order chi connectivity index (χ0) is 19.1. The zero-order valence-corrected chi connectivity index (χ0v) is 15.7. The number of nitrogens with one attached hydrogen (secondary N) is 1. The van der Waals surface area contributed by atoms with Gasteiger partial charge in [0.05, 0.1) is 29.8 Å². The Morgan fingerprint density at radius 2 is 1.96 bits per heavy atom. The van der Waals surface area contributed by atoms with Crippen LogP contribution in [0.2, 0.25) is 0 Å². The third kappa shape index (κ3) is 5.22. The van der Waals surface area contributed by atoms with Crippen LogP contribution in [0.15, 0.2) is 70.2 Å². The van der Waals surface area contributed by atoms with Crippen molar-refractivity contribution in [1.82, 2.24) is 4.98 Å². The summed E-state index contributed by atoms with van der Waals surface area (Å²) in [5.74, 6) is 0.960. The predicted octanol–water partition coefficient (Wildman–Crippen LogP) is 4.77. The first-order chi connectivity index (χ1) is 13.2. The highest BCUT2D eigenvalue weighted by molar-refractivity contribution is 7.99. The van der Waals surface area contributed by atoms with Crippen molar-refractivity contribution < 1.29 is 9.21 Å². The van der Waals surface area contributed by atoms with Crippen LogP contribution in [-0.4, -0.2) is 16.6 Å². The molecule has 0 fully saturated rings. The second-order valence-electron chi connectivity index (χ2n) is 6.07. The van der Waals surface area contributed by atoms with E-state index in [1.165, 1.54) is 6.26 Å². The Balaban J connectivity index is 1.63. The molecule has 0 spiro atoms. The average Bonchev–Trinajstić information content (AvgIpc) is 3.16. The van der Waals surface area contributed by atoms with E-state index in [0.717, 1.165) is 16.1 Å². The van der Waals surface area contributed by atoms with Gasteiger partial charge < -0.3 is 9.73 Å². The van der Waals surface area contributed by atoms with Gasteiger partial charge in [0.2, 0.25) is 11.8 Å². The number of benzene rings is 2. The first-order valence-electron chi connectivity index (χ1n) is 8.57. The average molecular weight is 377 g/mol. The van der Waals surface area contributed by atoms with Crippen molar-refractivity contribution in [3.63, 3.8) is 0 Å². The maximum Gasteiger partial charge on any atom is 0.230 e. The highest BCUT2D eigenvalue weighted by atomic mass is 32.2. The topological polar surface area (TPSA) is 78.9 Å². The third-order valence-electron chi connectivity index (χ3n) is 3.78. The second kappa shape index (κ2) is 9.06. The smallest absolute Gasteiger partial charge is 0.230 e. The molecule has 0 aliphatic carbocycles. The summed E-state index contributed by atoms with van der Waals surface area (Å²) in [5.41, 5.74) is 2.19. The number of amides is 1. The molecule has 1 aromatic heterocycles. The lowest BCUT2D eigenvalue weighted by molar-refractivity contribution is -0.115. The number of carbonyl (C=O) groups excluding carboxylic acids is 1. The first-order valence-corrected chi connectivity index (χ1v) is 9.55. The van der Waals surface area contributed by atoms with Crippen LogP contribution in [0.4, 0.5) is 5.69 Å². The van der Waals surface area contributed by atoms with Crippen molar-refractivity contribution >= 4 is 23.4 Å². The Labute approximate surface area is 162 Å². The monoisotopic (exact) mass is 377 g/mol. The number of hydrogen-bond acceptors (Lipinski definition) is 5. The molecule has 1 N–H and O–H groups in total. The molecule has 0 bridgehead atoms. The van der Waals surface area contributed by atoms with E-state index < -0.39 is 0 Å². The molecule has 0 saturated carbocycles. The van der Waals surface area contributed by atoms with Gasteiger partial charge in [-0.1, -0.05) is 30.3 Å². The van der Waals surface area contributed by atoms with Crippen molar-refractivity contribution in [2.45, 2.75) is 18.2 Å². The lowest BCUT2D eigenvalue weighted by Gasteiger charge is -2.10. The van der Waals surface area contributed by atoms with Crippen molar-refractivity contribution in [3.8, 4) is 17.5 Å². The summed E-state index contributed by atoms with van der Waals surface area (Å²) in [4.78, 5) is 17.7. The van der Waals surface area contributed by atoms with Crippen molar-refractivity contribution in [3.05, 3.63) is 66.6 Å². The maximum atomic E-state index is 12.4. The fourth-order valence-electron chi connectivity index (χ4n) is 2.41. The molecular weight excluding hydrogens is 358 g/mol. The van der Waals surface area contributed by atoms with E-state index in [4.69, 9.17) is 9.68 Å². The molecule has 1 heterocycles. The number of carbonyl (C=O) groups is 1. The number of rotatable bonds is 7. The Bertz CT molecular complexity index is 947. The first kappa shape index (κ1) is 18.7. The van der Waals surface area contributed by atoms with Crippen LogP contribution in [0.1, 0.15) is 12.6 Å². The minimum Gasteiger partial charge on any atom is -0.444 e. The van der Waals surface area contributed by atoms with E-state index in [-0.39, 0.29) is 18.2 Å². The zero-order valence-electron chi connectivity index (χ0n) is 14.9. The number of aromatic nitrogens is 1. The number of oxazole rings is 1. The minimum absolute atomic E-state index is 0.0507. The molecule has 3 aromatic rings. The molecule has 1 amide bonds. The predicted molar refractivity (Wildman–Crippen MR) is 106 cm³/mol. The van der Waals surface area contributed by atoms with Crippen LogP contribution in [-0.2, 0) is 11.2 Å². The van der Waals surface area contributed by atoms with Gasteiger partial charge in [-0.05, 0) is 31.2 Å². The lowest BCUT2D eigenvalue weighted by Crippen LogP contribution is -2.15. The number of thioether (sulfide) groups is 1. The van der Waals surface area contributed by atoms with Gasteiger partial charge in [0.25, 0.3) is 0 Å². The van der Waals surface area contributed by atoms with Gasteiger partial charge >= 0.3 is 0 Å². The molecule has 5 nitrogen and oxygen atoms in total. The summed E-state index contributed by atoms with van der Waals surface area (Å²) >= 11 is 1.56. The van der Waals surface area contributed by atoms with Gasteiger partial charge in [0, 0.05) is 16.2 Å². The van der Waals surface area contributed by atoms with E-state index in [2.05, 4.69) is 16.4 Å². The summed E-state index contributed by atoms with van der Waals surface area (Å²) in [6.45, 7) is 1.88. The highest BCUT2D eigenvalue weighted by Gasteiger charge is 2.13. The highest BCUT2D eigenvalue weighted by Crippen LogP contribution is 2.28. The molecule has 2 aromatic carbocycles. The number of nitriles is 1. The van der Waals surface area contributed by atoms with E-state index in [1.807, 2.05) is 61.5 Å². The minimum atomic E-state index is -0.163. The molecule has 0 radical (unpaired) electrons. The number of hydrogen-bond donors (Lipinski definition) is 1. The lowest BCUT2D eigenvalue weighted by atomic mass is 10.2. The fraction of sp³-hybridized carbons (Fsp3) is 0.190. The summed E-state index contributed by atoms with van der Waals surface area (Å²) in [7, 11) is 0. The summed E-state index contributed by atoms with van der Waals surface area (Å²) < 4.78 is 5.48. The van der Waals surface area contributed by atoms with E-state index in [9.17, 15) is 4.79 Å². The maximum absolute atomic E-state index is 12.4. The quantitative estimate of drug-likeness (QED) is 0.600. The van der Waals surface area contributed by atoms with Crippen LogP contribution in [0.3, 0.4) is 0 Å². The summed E-state index contributed by atoms with van der Waals surface area (Å²) in [6.07, 6.45) is 1.64. The van der Waals surface area contributed by atoms with Gasteiger partial charge in [0.1, 0.15) is 6.26 Å². The van der Waals surface area contributed by atoms with Crippen molar-refractivity contribution in [2.75, 3.05) is 11.1 Å². The molecule has 0 aliphatic rings. The number of nitrogens with zero attached hydrogens (tertiary/aromatic N) is 2. The second-order valence-corrected chi connectivity index (χ2v) is 7.13. The Morgan fingerprint density at radius 1 is 1.22 bits per heavy atom. The molecular formula is C21H19N3O2S. The van der Waals surface area contributed by atoms with Crippen molar-refractivity contribution in [1.29, 1.82) is 5.26 Å². The molecule has 3 rings (SSSR count). The molecule has 0 unspecified atom stereocenters. The Kier molecular flexibility index (Phi) is 6.29. The van der Waals surface area contributed by atoms with E-state index >= 15 is 0 Å². The largest absolute Gasteiger partial charge is 0.444 e. The normalized spacial score (nSPS) is 11.6. The van der Waals surface area contributed by atoms with Gasteiger partial charge in [-0.15, -0.1) is 11.8 Å². The third-order valence-corrected chi connectivity index (χ3v) is 5.12. The molecule has 0 aliphatic heterocycles. The molecule has 1 atom stereocenters. The van der Waals surface area contributed by atoms with Crippen LogP contribution in [0, 0.1) is 17.2 Å². The van der Waals surface area contributed by atoms with Gasteiger partial charge in [-0.3, -0.25) is 4.79 Å². The van der Waals surface area contributed by atoms with Gasteiger partial charge in [-0.2, -0.15) is 5.26 Å². The molecule has 27 heavy (non-hydrogen) atoms. The SMILES string of the molecule is C[C@@H](C#N)CSc1ccccc1NC(=O)Cc1coc(-c2ccccc2)n1. The van der Waals surface area contributed by atoms with Crippen LogP contribution >= 0.6 is 11.8 Å². The van der Waals surface area contributed by atoms with Gasteiger partial charge in [0.15, 0.2) is 0 Å². The van der Waals surface area contributed by atoms with E-state index in [1.54, 1.807) is 11.8 Å².